The Labute approximate surface area is 174 Å². The molecule has 0 bridgehead atoms. The van der Waals surface area contributed by atoms with E-state index in [1.165, 1.54) is 11.7 Å². The van der Waals surface area contributed by atoms with Crippen molar-refractivity contribution < 1.29 is 9.53 Å². The van der Waals surface area contributed by atoms with Crippen molar-refractivity contribution in [1.29, 1.82) is 0 Å². The molecule has 0 N–H and O–H groups in total. The summed E-state index contributed by atoms with van der Waals surface area (Å²) in [6.07, 6.45) is 2.40. The van der Waals surface area contributed by atoms with Gasteiger partial charge in [-0.15, -0.1) is 0 Å². The van der Waals surface area contributed by atoms with Crippen LogP contribution < -0.4 is 16.0 Å². The summed E-state index contributed by atoms with van der Waals surface area (Å²) in [6, 6.07) is 13.1. The molecule has 1 amide bonds. The Morgan fingerprint density at radius 2 is 1.80 bits per heavy atom. The third kappa shape index (κ3) is 3.30. The second kappa shape index (κ2) is 8.18. The minimum Gasteiger partial charge on any atom is -0.497 e. The van der Waals surface area contributed by atoms with Crippen molar-refractivity contribution >= 4 is 16.8 Å². The van der Waals surface area contributed by atoms with Crippen LogP contribution in [0.1, 0.15) is 32.2 Å². The van der Waals surface area contributed by atoms with Gasteiger partial charge in [-0.05, 0) is 43.5 Å². The van der Waals surface area contributed by atoms with E-state index < -0.39 is 17.3 Å². The van der Waals surface area contributed by atoms with Crippen LogP contribution in [0.25, 0.3) is 16.6 Å². The predicted molar refractivity (Wildman–Crippen MR) is 115 cm³/mol. The summed E-state index contributed by atoms with van der Waals surface area (Å²) in [6.45, 7) is 3.30. The fraction of sp³-hybridized carbons (Fsp3) is 0.348. The van der Waals surface area contributed by atoms with Gasteiger partial charge in [-0.3, -0.25) is 14.2 Å². The van der Waals surface area contributed by atoms with E-state index in [9.17, 15) is 14.4 Å². The maximum absolute atomic E-state index is 13.6. The number of carbonyl (C=O) groups is 1. The monoisotopic (exact) mass is 407 g/mol. The van der Waals surface area contributed by atoms with E-state index in [1.807, 2.05) is 11.8 Å². The van der Waals surface area contributed by atoms with E-state index in [0.717, 1.165) is 17.4 Å². The van der Waals surface area contributed by atoms with Gasteiger partial charge in [0.15, 0.2) is 0 Å². The quantitative estimate of drug-likeness (QED) is 0.652. The molecule has 1 saturated heterocycles. The molecular formula is C23H25N3O4. The number of fused-ring (bicyclic) bond motifs is 1. The Hall–Kier alpha value is -3.35. The molecule has 1 atom stereocenters. The highest BCUT2D eigenvalue weighted by Gasteiger charge is 2.29. The Balaban J connectivity index is 2.00. The number of carbonyl (C=O) groups excluding carboxylic acids is 1. The van der Waals surface area contributed by atoms with Crippen molar-refractivity contribution in [2.45, 2.75) is 32.2 Å². The molecule has 4 rings (SSSR count). The smallest absolute Gasteiger partial charge is 0.336 e. The zero-order valence-corrected chi connectivity index (χ0v) is 17.2. The average molecular weight is 407 g/mol. The van der Waals surface area contributed by atoms with Crippen LogP contribution in [0.5, 0.6) is 5.75 Å². The predicted octanol–water partition coefficient (Wildman–Crippen LogP) is 2.73. The van der Waals surface area contributed by atoms with Crippen LogP contribution in [0.15, 0.2) is 58.1 Å². The van der Waals surface area contributed by atoms with Gasteiger partial charge in [0.25, 0.3) is 5.56 Å². The second-order valence-corrected chi connectivity index (χ2v) is 7.47. The number of rotatable bonds is 5. The molecule has 156 valence electrons. The van der Waals surface area contributed by atoms with Crippen LogP contribution in [0, 0.1) is 0 Å². The van der Waals surface area contributed by atoms with Gasteiger partial charge in [0.1, 0.15) is 11.8 Å². The number of hydrogen-bond donors (Lipinski definition) is 0. The molecule has 0 radical (unpaired) electrons. The van der Waals surface area contributed by atoms with Crippen molar-refractivity contribution in [2.75, 3.05) is 20.2 Å². The molecule has 7 heteroatoms. The second-order valence-electron chi connectivity index (χ2n) is 7.47. The number of ether oxygens (including phenoxy) is 1. The summed E-state index contributed by atoms with van der Waals surface area (Å²) >= 11 is 0. The number of nitrogens with zero attached hydrogens (tertiary/aromatic N) is 3. The van der Waals surface area contributed by atoms with E-state index >= 15 is 0 Å². The normalized spacial score (nSPS) is 14.8. The molecule has 2 aromatic carbocycles. The van der Waals surface area contributed by atoms with Crippen LogP contribution in [0.4, 0.5) is 0 Å². The maximum Gasteiger partial charge on any atom is 0.336 e. The molecule has 1 fully saturated rings. The number of hydrogen-bond acceptors (Lipinski definition) is 4. The Kier molecular flexibility index (Phi) is 5.44. The molecule has 30 heavy (non-hydrogen) atoms. The molecular weight excluding hydrogens is 382 g/mol. The summed E-state index contributed by atoms with van der Waals surface area (Å²) in [5, 5.41) is 0.396. The third-order valence-corrected chi connectivity index (χ3v) is 5.71. The standard InChI is InChI=1S/C23H25N3O4/c1-3-19(22(28)24-13-6-7-14-24)26-20-12-5-4-11-18(20)21(27)25(23(26)29)16-9-8-10-17(15-16)30-2/h4-5,8-12,15,19H,3,6-7,13-14H2,1-2H3/t19-/m1/s1. The van der Waals surface area contributed by atoms with E-state index in [0.29, 0.717) is 41.9 Å². The zero-order chi connectivity index (χ0) is 21.3. The first-order valence-corrected chi connectivity index (χ1v) is 10.3. The van der Waals surface area contributed by atoms with Gasteiger partial charge in [0.2, 0.25) is 5.91 Å². The number of benzene rings is 2. The average Bonchev–Trinajstić information content (AvgIpc) is 3.31. The molecule has 2 heterocycles. The van der Waals surface area contributed by atoms with Gasteiger partial charge in [-0.1, -0.05) is 25.1 Å². The first-order valence-electron chi connectivity index (χ1n) is 10.3. The first kappa shape index (κ1) is 19.9. The van der Waals surface area contributed by atoms with Gasteiger partial charge in [-0.25, -0.2) is 9.36 Å². The van der Waals surface area contributed by atoms with E-state index in [2.05, 4.69) is 0 Å². The lowest BCUT2D eigenvalue weighted by molar-refractivity contribution is -0.133. The SMILES string of the molecule is CC[C@H](C(=O)N1CCCC1)n1c(=O)n(-c2cccc(OC)c2)c(=O)c2ccccc21. The molecule has 7 nitrogen and oxygen atoms in total. The van der Waals surface area contributed by atoms with E-state index in [4.69, 9.17) is 4.74 Å². The number of amides is 1. The summed E-state index contributed by atoms with van der Waals surface area (Å²) in [4.78, 5) is 42.0. The van der Waals surface area contributed by atoms with E-state index in [-0.39, 0.29) is 5.91 Å². The fourth-order valence-corrected chi connectivity index (χ4v) is 4.18. The van der Waals surface area contributed by atoms with Gasteiger partial charge in [-0.2, -0.15) is 0 Å². The highest BCUT2D eigenvalue weighted by Crippen LogP contribution is 2.22. The lowest BCUT2D eigenvalue weighted by Crippen LogP contribution is -2.45. The van der Waals surface area contributed by atoms with Crippen LogP contribution in [-0.4, -0.2) is 40.1 Å². The number of para-hydroxylation sites is 1. The summed E-state index contributed by atoms with van der Waals surface area (Å²) in [7, 11) is 1.53. The van der Waals surface area contributed by atoms with E-state index in [1.54, 1.807) is 48.5 Å². The minimum atomic E-state index is -0.669. The summed E-state index contributed by atoms with van der Waals surface area (Å²) in [5.41, 5.74) is -0.0479. The minimum absolute atomic E-state index is 0.0712. The number of aromatic nitrogens is 2. The van der Waals surface area contributed by atoms with Crippen molar-refractivity contribution in [3.63, 3.8) is 0 Å². The highest BCUT2D eigenvalue weighted by atomic mass is 16.5. The van der Waals surface area contributed by atoms with Crippen LogP contribution in [0.2, 0.25) is 0 Å². The van der Waals surface area contributed by atoms with Crippen LogP contribution >= 0.6 is 0 Å². The molecule has 0 unspecified atom stereocenters. The molecule has 0 aliphatic carbocycles. The zero-order valence-electron chi connectivity index (χ0n) is 17.2. The summed E-state index contributed by atoms with van der Waals surface area (Å²) < 4.78 is 7.88. The molecule has 1 aliphatic heterocycles. The topological polar surface area (TPSA) is 73.5 Å². The molecule has 3 aromatic rings. The van der Waals surface area contributed by atoms with Crippen molar-refractivity contribution in [2.24, 2.45) is 0 Å². The van der Waals surface area contributed by atoms with Crippen molar-refractivity contribution in [3.05, 3.63) is 69.4 Å². The van der Waals surface area contributed by atoms with Gasteiger partial charge >= 0.3 is 5.69 Å². The third-order valence-electron chi connectivity index (χ3n) is 5.71. The van der Waals surface area contributed by atoms with Gasteiger partial charge in [0, 0.05) is 19.2 Å². The Bertz CT molecular complexity index is 1210. The lowest BCUT2D eigenvalue weighted by Gasteiger charge is -2.25. The molecule has 1 aliphatic rings. The Morgan fingerprint density at radius 1 is 1.07 bits per heavy atom. The fourth-order valence-electron chi connectivity index (χ4n) is 4.18. The van der Waals surface area contributed by atoms with Crippen LogP contribution in [0.3, 0.4) is 0 Å². The molecule has 1 aromatic heterocycles. The van der Waals surface area contributed by atoms with Crippen molar-refractivity contribution in [3.8, 4) is 11.4 Å². The number of methoxy groups -OCH3 is 1. The van der Waals surface area contributed by atoms with Crippen molar-refractivity contribution in [1.82, 2.24) is 14.0 Å². The number of likely N-dealkylation sites (tertiary alicyclic amines) is 1. The molecule has 0 spiro atoms. The highest BCUT2D eigenvalue weighted by molar-refractivity contribution is 5.85. The molecule has 0 saturated carbocycles. The summed E-state index contributed by atoms with van der Waals surface area (Å²) in [5.74, 6) is 0.469. The van der Waals surface area contributed by atoms with Crippen LogP contribution in [-0.2, 0) is 4.79 Å². The van der Waals surface area contributed by atoms with Gasteiger partial charge in [0.05, 0.1) is 23.7 Å². The van der Waals surface area contributed by atoms with Gasteiger partial charge < -0.3 is 9.64 Å². The largest absolute Gasteiger partial charge is 0.497 e. The first-order chi connectivity index (χ1) is 14.6. The Morgan fingerprint density at radius 3 is 2.50 bits per heavy atom. The maximum atomic E-state index is 13.6. The lowest BCUT2D eigenvalue weighted by atomic mass is 10.1.